The lowest BCUT2D eigenvalue weighted by Crippen LogP contribution is -2.44. The van der Waals surface area contributed by atoms with E-state index in [-0.39, 0.29) is 23.6 Å². The molecular formula is C29H38ClN3O3S. The zero-order chi connectivity index (χ0) is 26.6. The summed E-state index contributed by atoms with van der Waals surface area (Å²) in [6.45, 7) is 6.92. The van der Waals surface area contributed by atoms with E-state index in [2.05, 4.69) is 30.9 Å². The molecule has 2 aromatic rings. The molecule has 1 aliphatic carbocycles. The van der Waals surface area contributed by atoms with Crippen LogP contribution in [-0.2, 0) is 19.4 Å². The predicted molar refractivity (Wildman–Crippen MR) is 150 cm³/mol. The van der Waals surface area contributed by atoms with Gasteiger partial charge in [0.25, 0.3) is 11.5 Å². The van der Waals surface area contributed by atoms with E-state index in [0.717, 1.165) is 52.3 Å². The summed E-state index contributed by atoms with van der Waals surface area (Å²) in [4.78, 5) is 34.5. The topological polar surface area (TPSA) is 65.6 Å². The number of hydrogen-bond acceptors (Lipinski definition) is 5. The number of amides is 1. The number of carbonyl (C=O) groups excluding carboxylic acids is 1. The minimum atomic E-state index is -0.302. The van der Waals surface area contributed by atoms with Crippen LogP contribution < -0.4 is 10.3 Å². The Hall–Kier alpha value is -1.96. The van der Waals surface area contributed by atoms with Gasteiger partial charge in [0.2, 0.25) is 0 Å². The smallest absolute Gasteiger partial charge is 0.254 e. The fourth-order valence-corrected chi connectivity index (χ4v) is 7.73. The fourth-order valence-electron chi connectivity index (χ4n) is 6.70. The van der Waals surface area contributed by atoms with Gasteiger partial charge in [-0.3, -0.25) is 9.59 Å². The van der Waals surface area contributed by atoms with Crippen LogP contribution in [0.2, 0.25) is 5.02 Å². The highest BCUT2D eigenvalue weighted by Crippen LogP contribution is 2.50. The largest absolute Gasteiger partial charge is 0.486 e. The minimum Gasteiger partial charge on any atom is -0.486 e. The van der Waals surface area contributed by atoms with Crippen LogP contribution in [0.3, 0.4) is 0 Å². The van der Waals surface area contributed by atoms with Crippen LogP contribution in [0.1, 0.15) is 70.9 Å². The van der Waals surface area contributed by atoms with E-state index in [1.54, 1.807) is 4.90 Å². The first kappa shape index (κ1) is 26.6. The van der Waals surface area contributed by atoms with Crippen LogP contribution >= 0.6 is 23.4 Å². The van der Waals surface area contributed by atoms with Gasteiger partial charge in [0, 0.05) is 40.7 Å². The second-order valence-corrected chi connectivity index (χ2v) is 12.7. The second-order valence-electron chi connectivity index (χ2n) is 11.5. The Morgan fingerprint density at radius 2 is 1.89 bits per heavy atom. The highest BCUT2D eigenvalue weighted by atomic mass is 35.5. The molecule has 1 amide bonds. The standard InChI is InChI=1S/C29H38ClN3O3S/c1-16-13-23(37-6)22(27(34)31-16)15-33-12-11-20-24(28(33)35)17(2)26-21(25(20)30)14-29(3,36-26)18-7-9-19(10-8-18)32(4)5/h13,18-19H,7-12,14-15H2,1-6H3,(H,31,34)/t18?,19?,29-/m1/s1. The average molecular weight is 544 g/mol. The van der Waals surface area contributed by atoms with Crippen LogP contribution in [0.25, 0.3) is 0 Å². The third kappa shape index (κ3) is 4.61. The SMILES string of the molecule is CSc1cc(C)[nH]c(=O)c1CN1CCc2c(Cl)c3c(c(C)c2C1=O)O[C@@](C)(C1CCC(N(C)C)CC1)C3. The zero-order valence-corrected chi connectivity index (χ0v) is 24.4. The maximum Gasteiger partial charge on any atom is 0.254 e. The van der Waals surface area contributed by atoms with E-state index in [0.29, 0.717) is 41.1 Å². The molecule has 0 spiro atoms. The number of aryl methyl sites for hydroxylation is 1. The minimum absolute atomic E-state index is 0.0702. The van der Waals surface area contributed by atoms with Gasteiger partial charge in [-0.25, -0.2) is 0 Å². The number of carbonyl (C=O) groups is 1. The van der Waals surface area contributed by atoms with Gasteiger partial charge in [0.1, 0.15) is 11.4 Å². The third-order valence-electron chi connectivity index (χ3n) is 8.91. The summed E-state index contributed by atoms with van der Waals surface area (Å²) >= 11 is 8.56. The summed E-state index contributed by atoms with van der Waals surface area (Å²) in [6.07, 6.45) is 8.06. The Balaban J connectivity index is 1.43. The first-order chi connectivity index (χ1) is 17.5. The molecule has 200 valence electrons. The Labute approximate surface area is 229 Å². The van der Waals surface area contributed by atoms with Gasteiger partial charge in [-0.1, -0.05) is 11.6 Å². The number of aromatic nitrogens is 1. The lowest BCUT2D eigenvalue weighted by Gasteiger charge is -2.40. The second kappa shape index (κ2) is 9.97. The molecule has 1 N–H and O–H groups in total. The molecule has 5 rings (SSSR count). The summed E-state index contributed by atoms with van der Waals surface area (Å²) in [5.41, 5.74) is 4.57. The molecule has 1 fully saturated rings. The third-order valence-corrected chi connectivity index (χ3v) is 10.2. The number of fused-ring (bicyclic) bond motifs is 2. The number of benzene rings is 1. The molecule has 6 nitrogen and oxygen atoms in total. The van der Waals surface area contributed by atoms with Crippen molar-refractivity contribution < 1.29 is 9.53 Å². The van der Waals surface area contributed by atoms with Crippen molar-refractivity contribution >= 4 is 29.3 Å². The lowest BCUT2D eigenvalue weighted by atomic mass is 9.74. The summed E-state index contributed by atoms with van der Waals surface area (Å²) in [5, 5.41) is 0.701. The molecule has 1 aromatic heterocycles. The molecular weight excluding hydrogens is 506 g/mol. The summed E-state index contributed by atoms with van der Waals surface area (Å²) < 4.78 is 6.75. The molecule has 37 heavy (non-hydrogen) atoms. The summed E-state index contributed by atoms with van der Waals surface area (Å²) in [5.74, 6) is 1.20. The number of nitrogens with zero attached hydrogens (tertiary/aromatic N) is 2. The maximum atomic E-state index is 13.8. The number of aromatic amines is 1. The molecule has 3 heterocycles. The van der Waals surface area contributed by atoms with Crippen molar-refractivity contribution in [2.45, 2.75) is 82.4 Å². The van der Waals surface area contributed by atoms with E-state index < -0.39 is 0 Å². The van der Waals surface area contributed by atoms with E-state index >= 15 is 0 Å². The highest BCUT2D eigenvalue weighted by Gasteiger charge is 2.46. The number of pyridine rings is 1. The van der Waals surface area contributed by atoms with Crippen LogP contribution in [0.15, 0.2) is 15.8 Å². The molecule has 3 aliphatic rings. The number of nitrogens with one attached hydrogen (secondary N) is 1. The van der Waals surface area contributed by atoms with Crippen molar-refractivity contribution in [1.29, 1.82) is 0 Å². The number of thioether (sulfide) groups is 1. The molecule has 1 aromatic carbocycles. The van der Waals surface area contributed by atoms with Crippen LogP contribution in [0.4, 0.5) is 0 Å². The maximum absolute atomic E-state index is 13.8. The number of H-pyrrole nitrogens is 1. The normalized spacial score (nSPS) is 25.3. The molecule has 0 unspecified atom stereocenters. The molecule has 1 atom stereocenters. The Morgan fingerprint density at radius 1 is 1.19 bits per heavy atom. The first-order valence-electron chi connectivity index (χ1n) is 13.3. The van der Waals surface area contributed by atoms with Crippen molar-refractivity contribution in [3.05, 3.63) is 55.0 Å². The number of ether oxygens (including phenoxy) is 1. The highest BCUT2D eigenvalue weighted by molar-refractivity contribution is 7.98. The molecule has 0 radical (unpaired) electrons. The Kier molecular flexibility index (Phi) is 7.18. The number of halogens is 1. The molecule has 0 bridgehead atoms. The van der Waals surface area contributed by atoms with Crippen LogP contribution in [-0.4, -0.2) is 59.2 Å². The van der Waals surface area contributed by atoms with Crippen molar-refractivity contribution in [2.24, 2.45) is 5.92 Å². The van der Waals surface area contributed by atoms with Crippen molar-refractivity contribution in [3.63, 3.8) is 0 Å². The van der Waals surface area contributed by atoms with Crippen LogP contribution in [0.5, 0.6) is 5.75 Å². The average Bonchev–Trinajstić information content (AvgIpc) is 3.24. The molecule has 0 saturated heterocycles. The van der Waals surface area contributed by atoms with Crippen LogP contribution in [0, 0.1) is 19.8 Å². The number of hydrogen-bond donors (Lipinski definition) is 1. The van der Waals surface area contributed by atoms with Gasteiger partial charge in [-0.05, 0) is 90.8 Å². The first-order valence-corrected chi connectivity index (χ1v) is 14.9. The van der Waals surface area contributed by atoms with Gasteiger partial charge >= 0.3 is 0 Å². The fraction of sp³-hybridized carbons (Fsp3) is 0.586. The Morgan fingerprint density at radius 3 is 2.54 bits per heavy atom. The van der Waals surface area contributed by atoms with E-state index in [9.17, 15) is 9.59 Å². The van der Waals surface area contributed by atoms with E-state index in [1.165, 1.54) is 24.6 Å². The van der Waals surface area contributed by atoms with Crippen molar-refractivity contribution in [3.8, 4) is 5.75 Å². The zero-order valence-electron chi connectivity index (χ0n) is 22.8. The van der Waals surface area contributed by atoms with Gasteiger partial charge in [-0.15, -0.1) is 11.8 Å². The van der Waals surface area contributed by atoms with Gasteiger partial charge in [-0.2, -0.15) is 0 Å². The molecule has 1 saturated carbocycles. The summed E-state index contributed by atoms with van der Waals surface area (Å²) in [7, 11) is 4.33. The molecule has 8 heteroatoms. The van der Waals surface area contributed by atoms with Gasteiger partial charge in [0.05, 0.1) is 22.7 Å². The Bertz CT molecular complexity index is 1300. The number of rotatable bonds is 5. The van der Waals surface area contributed by atoms with E-state index in [1.807, 2.05) is 26.2 Å². The molecule has 2 aliphatic heterocycles. The quantitative estimate of drug-likeness (QED) is 0.513. The monoisotopic (exact) mass is 543 g/mol. The lowest BCUT2D eigenvalue weighted by molar-refractivity contribution is 0.0158. The van der Waals surface area contributed by atoms with Crippen molar-refractivity contribution in [2.75, 3.05) is 26.9 Å². The van der Waals surface area contributed by atoms with Crippen molar-refractivity contribution in [1.82, 2.24) is 14.8 Å². The van der Waals surface area contributed by atoms with E-state index in [4.69, 9.17) is 16.3 Å². The predicted octanol–water partition coefficient (Wildman–Crippen LogP) is 5.38. The van der Waals surface area contributed by atoms with Gasteiger partial charge < -0.3 is 19.5 Å². The summed E-state index contributed by atoms with van der Waals surface area (Å²) in [6, 6.07) is 2.61. The van der Waals surface area contributed by atoms with Gasteiger partial charge in [0.15, 0.2) is 0 Å².